The van der Waals surface area contributed by atoms with Crippen molar-refractivity contribution in [1.82, 2.24) is 0 Å². The van der Waals surface area contributed by atoms with Gasteiger partial charge in [0.15, 0.2) is 12.2 Å². The smallest absolute Gasteiger partial charge is 0.462 e. The summed E-state index contributed by atoms with van der Waals surface area (Å²) in [6.45, 7) is 9.46. The van der Waals surface area contributed by atoms with Gasteiger partial charge in [-0.25, -0.2) is 9.13 Å². The number of hydrogen-bond acceptors (Lipinski definition) is 15. The first kappa shape index (κ1) is 90.1. The Morgan fingerprint density at radius 2 is 0.554 bits per heavy atom. The molecule has 0 fully saturated rings. The number of carbonyl (C=O) groups is 4. The maximum absolute atomic E-state index is 13.1. The molecule has 19 heteroatoms. The molecule has 6 atom stereocenters. The highest BCUT2D eigenvalue weighted by Crippen LogP contribution is 2.45. The molecule has 0 aliphatic carbocycles. The molecule has 0 saturated heterocycles. The fourth-order valence-electron chi connectivity index (χ4n) is 11.1. The van der Waals surface area contributed by atoms with E-state index in [0.29, 0.717) is 25.7 Å². The second-order valence-electron chi connectivity index (χ2n) is 27.1. The lowest BCUT2D eigenvalue weighted by Gasteiger charge is -2.21. The molecule has 0 heterocycles. The quantitative estimate of drug-likeness (QED) is 0.0222. The maximum atomic E-state index is 13.1. The first-order valence-corrected chi connectivity index (χ1v) is 41.0. The second-order valence-corrected chi connectivity index (χ2v) is 30.0. The van der Waals surface area contributed by atoms with Crippen LogP contribution in [-0.4, -0.2) is 96.7 Å². The minimum Gasteiger partial charge on any atom is -0.462 e. The zero-order valence-corrected chi connectivity index (χ0v) is 61.6. The van der Waals surface area contributed by atoms with E-state index in [-0.39, 0.29) is 25.7 Å². The molecule has 0 aromatic rings. The Balaban J connectivity index is 5.13. The van der Waals surface area contributed by atoms with Gasteiger partial charge in [0, 0.05) is 25.7 Å². The number of phosphoric ester groups is 2. The van der Waals surface area contributed by atoms with Crippen molar-refractivity contribution in [3.05, 3.63) is 0 Å². The summed E-state index contributed by atoms with van der Waals surface area (Å²) in [6, 6.07) is 0. The largest absolute Gasteiger partial charge is 0.472 e. The molecular formula is C73H142O17P2. The van der Waals surface area contributed by atoms with Crippen LogP contribution in [0.5, 0.6) is 0 Å². The van der Waals surface area contributed by atoms with Gasteiger partial charge in [0.1, 0.15) is 19.3 Å². The molecule has 0 bridgehead atoms. The fourth-order valence-corrected chi connectivity index (χ4v) is 12.7. The van der Waals surface area contributed by atoms with Crippen LogP contribution >= 0.6 is 15.6 Å². The van der Waals surface area contributed by atoms with Gasteiger partial charge in [-0.3, -0.25) is 37.3 Å². The van der Waals surface area contributed by atoms with Crippen LogP contribution in [0.2, 0.25) is 0 Å². The van der Waals surface area contributed by atoms with Crippen LogP contribution in [0.1, 0.15) is 375 Å². The normalized spacial score (nSPS) is 14.4. The molecule has 0 amide bonds. The highest BCUT2D eigenvalue weighted by Gasteiger charge is 2.30. The van der Waals surface area contributed by atoms with Crippen molar-refractivity contribution < 1.29 is 80.2 Å². The minimum atomic E-state index is -4.95. The summed E-state index contributed by atoms with van der Waals surface area (Å²) in [6.07, 6.45) is 51.9. The SMILES string of the molecule is CCCCCCCCCCCCCCCCCCCCCC(=O)O[C@H](COC(=O)CCCCCCCCCCCCCCCCCC(C)C)COP(=O)(O)OC[C@@H](O)COP(=O)(O)OC[C@@H](COC(=O)CCCCCCC)OC(=O)CCCCCCCCC(C)CC. The van der Waals surface area contributed by atoms with E-state index >= 15 is 0 Å². The molecule has 92 heavy (non-hydrogen) atoms. The molecule has 0 aromatic heterocycles. The molecule has 0 saturated carbocycles. The summed E-state index contributed by atoms with van der Waals surface area (Å²) in [5.74, 6) is -0.607. The van der Waals surface area contributed by atoms with E-state index in [4.69, 9.17) is 37.0 Å². The number of unbranched alkanes of at least 4 members (excludes halogenated alkanes) is 41. The number of esters is 4. The summed E-state index contributed by atoms with van der Waals surface area (Å²) >= 11 is 0. The van der Waals surface area contributed by atoms with Crippen molar-refractivity contribution >= 4 is 39.5 Å². The predicted octanol–water partition coefficient (Wildman–Crippen LogP) is 21.2. The molecule has 0 aliphatic rings. The van der Waals surface area contributed by atoms with Gasteiger partial charge >= 0.3 is 39.5 Å². The molecular weight excluding hydrogens is 1210 g/mol. The number of ether oxygens (including phenoxy) is 4. The molecule has 0 spiro atoms. The van der Waals surface area contributed by atoms with Gasteiger partial charge in [-0.1, -0.05) is 324 Å². The average Bonchev–Trinajstić information content (AvgIpc) is 1.89. The highest BCUT2D eigenvalue weighted by molar-refractivity contribution is 7.47. The Morgan fingerprint density at radius 3 is 0.826 bits per heavy atom. The van der Waals surface area contributed by atoms with Gasteiger partial charge in [0.25, 0.3) is 0 Å². The van der Waals surface area contributed by atoms with Crippen LogP contribution < -0.4 is 0 Å². The Bertz CT molecular complexity index is 1790. The standard InChI is InChI=1S/C73H142O17P2/c1-7-10-12-14-15-16-17-18-19-20-21-22-25-29-32-35-38-45-51-57-72(77)89-69(62-84-71(76)56-50-44-37-34-31-28-26-23-24-27-30-33-36-42-47-53-65(4)5)64-88-92(81,82)86-60-67(74)59-85-91(79,80)87-63-68(61-83-70(75)55-49-41-13-11-8-2)90-73(78)58-52-46-40-39-43-48-54-66(6)9-3/h65-69,74H,7-64H2,1-6H3,(H,79,80)(H,81,82)/t66?,67-,68+,69+/m0/s1. The zero-order chi connectivity index (χ0) is 67.9. The van der Waals surface area contributed by atoms with Crippen molar-refractivity contribution in [2.75, 3.05) is 39.6 Å². The number of rotatable bonds is 72. The van der Waals surface area contributed by atoms with E-state index < -0.39 is 97.5 Å². The summed E-state index contributed by atoms with van der Waals surface area (Å²) in [4.78, 5) is 72.3. The number of aliphatic hydroxyl groups is 1. The fraction of sp³-hybridized carbons (Fsp3) is 0.945. The highest BCUT2D eigenvalue weighted by atomic mass is 31.2. The molecule has 17 nitrogen and oxygen atoms in total. The Morgan fingerprint density at radius 1 is 0.315 bits per heavy atom. The third-order valence-electron chi connectivity index (χ3n) is 17.3. The van der Waals surface area contributed by atoms with E-state index in [2.05, 4.69) is 41.5 Å². The van der Waals surface area contributed by atoms with E-state index in [1.54, 1.807) is 0 Å². The van der Waals surface area contributed by atoms with Gasteiger partial charge in [0.2, 0.25) is 0 Å². The first-order valence-electron chi connectivity index (χ1n) is 38.0. The number of phosphoric acid groups is 2. The van der Waals surface area contributed by atoms with Crippen LogP contribution in [-0.2, 0) is 65.4 Å². The first-order chi connectivity index (χ1) is 44.4. The Hall–Kier alpha value is -1.94. The predicted molar refractivity (Wildman–Crippen MR) is 372 cm³/mol. The second kappa shape index (κ2) is 65.0. The lowest BCUT2D eigenvalue weighted by molar-refractivity contribution is -0.161. The lowest BCUT2D eigenvalue weighted by atomic mass is 10.00. The van der Waals surface area contributed by atoms with Gasteiger partial charge in [0.05, 0.1) is 26.4 Å². The molecule has 0 rings (SSSR count). The lowest BCUT2D eigenvalue weighted by Crippen LogP contribution is -2.30. The summed E-state index contributed by atoms with van der Waals surface area (Å²) in [5.41, 5.74) is 0. The van der Waals surface area contributed by atoms with Crippen LogP contribution in [0.3, 0.4) is 0 Å². The van der Waals surface area contributed by atoms with Crippen molar-refractivity contribution in [1.29, 1.82) is 0 Å². The zero-order valence-electron chi connectivity index (χ0n) is 59.9. The average molecular weight is 1350 g/mol. The van der Waals surface area contributed by atoms with E-state index in [9.17, 15) is 43.2 Å². The van der Waals surface area contributed by atoms with Gasteiger partial charge in [-0.2, -0.15) is 0 Å². The third-order valence-corrected chi connectivity index (χ3v) is 19.2. The van der Waals surface area contributed by atoms with Gasteiger partial charge in [-0.15, -0.1) is 0 Å². The summed E-state index contributed by atoms with van der Waals surface area (Å²) < 4.78 is 68.1. The van der Waals surface area contributed by atoms with Crippen LogP contribution in [0.15, 0.2) is 0 Å². The summed E-state index contributed by atoms with van der Waals surface area (Å²) in [5, 5.41) is 10.6. The topological polar surface area (TPSA) is 237 Å². The number of carbonyl (C=O) groups excluding carboxylic acids is 4. The molecule has 0 aliphatic heterocycles. The third kappa shape index (κ3) is 65.4. The van der Waals surface area contributed by atoms with Crippen molar-refractivity contribution in [3.8, 4) is 0 Å². The van der Waals surface area contributed by atoms with Crippen molar-refractivity contribution in [3.63, 3.8) is 0 Å². The molecule has 546 valence electrons. The number of hydrogen-bond donors (Lipinski definition) is 3. The van der Waals surface area contributed by atoms with Crippen LogP contribution in [0, 0.1) is 11.8 Å². The van der Waals surface area contributed by atoms with E-state index in [0.717, 1.165) is 108 Å². The van der Waals surface area contributed by atoms with E-state index in [1.807, 2.05) is 0 Å². The van der Waals surface area contributed by atoms with Crippen LogP contribution in [0.25, 0.3) is 0 Å². The van der Waals surface area contributed by atoms with Crippen molar-refractivity contribution in [2.24, 2.45) is 11.8 Å². The maximum Gasteiger partial charge on any atom is 0.472 e. The Labute approximate surface area is 562 Å². The van der Waals surface area contributed by atoms with Crippen LogP contribution in [0.4, 0.5) is 0 Å². The van der Waals surface area contributed by atoms with Gasteiger partial charge < -0.3 is 33.8 Å². The molecule has 0 aromatic carbocycles. The monoisotopic (exact) mass is 1350 g/mol. The number of aliphatic hydroxyl groups excluding tert-OH is 1. The van der Waals surface area contributed by atoms with Gasteiger partial charge in [-0.05, 0) is 37.5 Å². The molecule has 3 unspecified atom stereocenters. The minimum absolute atomic E-state index is 0.102. The Kier molecular flexibility index (Phi) is 63.7. The van der Waals surface area contributed by atoms with E-state index in [1.165, 1.54) is 186 Å². The molecule has 0 radical (unpaired) electrons. The summed E-state index contributed by atoms with van der Waals surface area (Å²) in [7, 11) is -9.89. The van der Waals surface area contributed by atoms with Crippen molar-refractivity contribution in [2.45, 2.75) is 394 Å². The molecule has 3 N–H and O–H groups in total.